The molecule has 1 saturated heterocycles. The number of benzene rings is 1. The van der Waals surface area contributed by atoms with Crippen LogP contribution in [0.4, 0.5) is 0 Å². The number of thioether (sulfide) groups is 1. The lowest BCUT2D eigenvalue weighted by Gasteiger charge is -2.22. The molecule has 1 aliphatic rings. The second-order valence-electron chi connectivity index (χ2n) is 2.85. The van der Waals surface area contributed by atoms with Gasteiger partial charge in [-0.25, -0.2) is 0 Å². The number of hydrogen-bond donors (Lipinski definition) is 1. The van der Waals surface area contributed by atoms with Crippen molar-refractivity contribution in [2.75, 3.05) is 12.3 Å². The van der Waals surface area contributed by atoms with Crippen LogP contribution in [0, 0.1) is 5.75 Å². The van der Waals surface area contributed by atoms with Crippen LogP contribution in [0.5, 0.6) is 0 Å². The molecule has 2 heteroatoms. The lowest BCUT2D eigenvalue weighted by molar-refractivity contribution is 0.629. The Balaban J connectivity index is 2.08. The fourth-order valence-corrected chi connectivity index (χ4v) is 2.16. The number of nitrogens with one attached hydrogen (secondary N) is 1. The normalized spacial score (nSPS) is 23.8. The molecule has 1 N–H and O–H groups in total. The maximum atomic E-state index is 3.46. The molecule has 1 fully saturated rings. The van der Waals surface area contributed by atoms with Crippen molar-refractivity contribution in [2.24, 2.45) is 0 Å². The molecule has 0 saturated carbocycles. The maximum Gasteiger partial charge on any atom is 0.0452 e. The van der Waals surface area contributed by atoms with E-state index in [0.29, 0.717) is 6.04 Å². The molecule has 12 heavy (non-hydrogen) atoms. The summed E-state index contributed by atoms with van der Waals surface area (Å²) in [5.41, 5.74) is 1.37. The van der Waals surface area contributed by atoms with Crippen LogP contribution in [0.1, 0.15) is 11.6 Å². The molecule has 1 heterocycles. The molecule has 2 rings (SSSR count). The minimum absolute atomic E-state index is 0.449. The van der Waals surface area contributed by atoms with Crippen molar-refractivity contribution < 1.29 is 0 Å². The summed E-state index contributed by atoms with van der Waals surface area (Å²) in [7, 11) is 0. The highest BCUT2D eigenvalue weighted by Gasteiger charge is 2.14. The summed E-state index contributed by atoms with van der Waals surface area (Å²) >= 11 is 1.91. The van der Waals surface area contributed by atoms with E-state index in [2.05, 4.69) is 41.4 Å². The standard InChI is InChI=1S/C10H12NS/c1-2-4-9(5-3-1)10-8-12-7-6-11-10/h1-5,8,10-11H,6-7H2. The molecule has 0 bridgehead atoms. The summed E-state index contributed by atoms with van der Waals surface area (Å²) < 4.78 is 0. The Morgan fingerprint density at radius 1 is 1.25 bits per heavy atom. The van der Waals surface area contributed by atoms with Crippen molar-refractivity contribution in [3.8, 4) is 0 Å². The summed E-state index contributed by atoms with van der Waals surface area (Å²) in [4.78, 5) is 0. The zero-order valence-electron chi connectivity index (χ0n) is 6.86. The second kappa shape index (κ2) is 3.97. The van der Waals surface area contributed by atoms with Gasteiger partial charge in [-0.3, -0.25) is 0 Å². The molecule has 0 spiro atoms. The van der Waals surface area contributed by atoms with E-state index in [1.165, 1.54) is 11.3 Å². The van der Waals surface area contributed by atoms with E-state index in [9.17, 15) is 0 Å². The molecule has 1 atom stereocenters. The minimum atomic E-state index is 0.449. The highest BCUT2D eigenvalue weighted by atomic mass is 32.2. The van der Waals surface area contributed by atoms with Crippen molar-refractivity contribution in [1.29, 1.82) is 0 Å². The zero-order chi connectivity index (χ0) is 8.23. The molecule has 1 radical (unpaired) electrons. The lowest BCUT2D eigenvalue weighted by atomic mass is 10.1. The van der Waals surface area contributed by atoms with Crippen molar-refractivity contribution >= 4 is 11.8 Å². The predicted octanol–water partition coefficient (Wildman–Crippen LogP) is 2.23. The molecular formula is C10H12NS. The summed E-state index contributed by atoms with van der Waals surface area (Å²) in [6.45, 7) is 1.11. The van der Waals surface area contributed by atoms with Crippen molar-refractivity contribution in [1.82, 2.24) is 5.32 Å². The first-order chi connectivity index (χ1) is 5.97. The highest BCUT2D eigenvalue weighted by molar-refractivity contribution is 8.01. The summed E-state index contributed by atoms with van der Waals surface area (Å²) in [5.74, 6) is 3.47. The van der Waals surface area contributed by atoms with Crippen molar-refractivity contribution in [3.05, 3.63) is 41.6 Å². The maximum absolute atomic E-state index is 3.46. The van der Waals surface area contributed by atoms with E-state index in [-0.39, 0.29) is 0 Å². The lowest BCUT2D eigenvalue weighted by Crippen LogP contribution is -2.27. The highest BCUT2D eigenvalue weighted by Crippen LogP contribution is 2.25. The molecule has 1 aromatic carbocycles. The number of hydrogen-bond acceptors (Lipinski definition) is 2. The monoisotopic (exact) mass is 178 g/mol. The molecule has 0 aromatic heterocycles. The van der Waals surface area contributed by atoms with Crippen molar-refractivity contribution in [2.45, 2.75) is 6.04 Å². The molecule has 63 valence electrons. The molecule has 1 unspecified atom stereocenters. The van der Waals surface area contributed by atoms with Gasteiger partial charge in [0.05, 0.1) is 0 Å². The summed E-state index contributed by atoms with van der Waals surface area (Å²) in [5, 5.41) is 3.46. The first kappa shape index (κ1) is 8.14. The van der Waals surface area contributed by atoms with Gasteiger partial charge >= 0.3 is 0 Å². The quantitative estimate of drug-likeness (QED) is 0.707. The Kier molecular flexibility index (Phi) is 2.69. The van der Waals surface area contributed by atoms with Crippen LogP contribution < -0.4 is 5.32 Å². The van der Waals surface area contributed by atoms with Gasteiger partial charge in [0, 0.05) is 24.1 Å². The Morgan fingerprint density at radius 3 is 2.75 bits per heavy atom. The largest absolute Gasteiger partial charge is 0.308 e. The van der Waals surface area contributed by atoms with Gasteiger partial charge in [0.15, 0.2) is 0 Å². The third kappa shape index (κ3) is 1.82. The topological polar surface area (TPSA) is 12.0 Å². The van der Waals surface area contributed by atoms with Crippen LogP contribution in [0.15, 0.2) is 30.3 Å². The van der Waals surface area contributed by atoms with E-state index in [4.69, 9.17) is 0 Å². The molecule has 0 aliphatic carbocycles. The summed E-state index contributed by atoms with van der Waals surface area (Å²) in [6, 6.07) is 11.0. The SMILES string of the molecule is [CH]1SCCNC1c1ccccc1. The van der Waals surface area contributed by atoms with E-state index in [0.717, 1.165) is 6.54 Å². The molecule has 0 amide bonds. The minimum Gasteiger partial charge on any atom is -0.308 e. The van der Waals surface area contributed by atoms with Gasteiger partial charge in [0.1, 0.15) is 0 Å². The van der Waals surface area contributed by atoms with E-state index in [1.54, 1.807) is 0 Å². The van der Waals surface area contributed by atoms with Crippen LogP contribution in [0.2, 0.25) is 0 Å². The Hall–Kier alpha value is -0.470. The zero-order valence-corrected chi connectivity index (χ0v) is 7.68. The van der Waals surface area contributed by atoms with Gasteiger partial charge in [-0.15, -0.1) is 0 Å². The third-order valence-electron chi connectivity index (χ3n) is 1.98. The van der Waals surface area contributed by atoms with E-state index >= 15 is 0 Å². The van der Waals surface area contributed by atoms with Gasteiger partial charge in [-0.05, 0) is 5.56 Å². The van der Waals surface area contributed by atoms with Crippen LogP contribution in [-0.4, -0.2) is 12.3 Å². The van der Waals surface area contributed by atoms with Gasteiger partial charge < -0.3 is 5.32 Å². The summed E-state index contributed by atoms with van der Waals surface area (Å²) in [6.07, 6.45) is 0. The fraction of sp³-hybridized carbons (Fsp3) is 0.300. The third-order valence-corrected chi connectivity index (χ3v) is 2.88. The van der Waals surface area contributed by atoms with Crippen molar-refractivity contribution in [3.63, 3.8) is 0 Å². The first-order valence-corrected chi connectivity index (χ1v) is 5.25. The van der Waals surface area contributed by atoms with E-state index in [1.807, 2.05) is 11.8 Å². The Morgan fingerprint density at radius 2 is 2.08 bits per heavy atom. The van der Waals surface area contributed by atoms with Crippen LogP contribution in [-0.2, 0) is 0 Å². The van der Waals surface area contributed by atoms with E-state index < -0.39 is 0 Å². The Bertz CT molecular complexity index is 229. The van der Waals surface area contributed by atoms with Gasteiger partial charge in [-0.1, -0.05) is 30.3 Å². The predicted molar refractivity (Wildman–Crippen MR) is 53.9 cm³/mol. The number of rotatable bonds is 1. The Labute approximate surface area is 77.6 Å². The average molecular weight is 178 g/mol. The second-order valence-corrected chi connectivity index (χ2v) is 3.86. The van der Waals surface area contributed by atoms with Crippen LogP contribution in [0.3, 0.4) is 0 Å². The smallest absolute Gasteiger partial charge is 0.0452 e. The van der Waals surface area contributed by atoms with Gasteiger partial charge in [-0.2, -0.15) is 11.8 Å². The van der Waals surface area contributed by atoms with Gasteiger partial charge in [0.2, 0.25) is 0 Å². The molecule has 1 aromatic rings. The molecule has 1 aliphatic heterocycles. The molecule has 1 nitrogen and oxygen atoms in total. The van der Waals surface area contributed by atoms with Crippen LogP contribution in [0.25, 0.3) is 0 Å². The van der Waals surface area contributed by atoms with Crippen LogP contribution >= 0.6 is 11.8 Å². The molecular weight excluding hydrogens is 166 g/mol. The fourth-order valence-electron chi connectivity index (χ4n) is 1.34. The first-order valence-electron chi connectivity index (χ1n) is 4.20. The van der Waals surface area contributed by atoms with Gasteiger partial charge in [0.25, 0.3) is 0 Å². The average Bonchev–Trinajstić information content (AvgIpc) is 2.21.